The van der Waals surface area contributed by atoms with Gasteiger partial charge in [-0.05, 0) is 30.5 Å². The number of nitrogens with one attached hydrogen (secondary N) is 1. The fourth-order valence-electron chi connectivity index (χ4n) is 1.03. The SMILES string of the molecule is CC(C)CC(C)C=NNC(N)=S. The zero-order valence-corrected chi connectivity index (χ0v) is 8.69. The van der Waals surface area contributed by atoms with Crippen LogP contribution in [0.5, 0.6) is 0 Å². The third-order valence-electron chi connectivity index (χ3n) is 1.35. The zero-order chi connectivity index (χ0) is 9.56. The molecular weight excluding hydrogens is 170 g/mol. The minimum Gasteiger partial charge on any atom is -0.375 e. The van der Waals surface area contributed by atoms with Gasteiger partial charge in [-0.1, -0.05) is 20.8 Å². The van der Waals surface area contributed by atoms with Gasteiger partial charge in [-0.3, -0.25) is 5.43 Å². The molecule has 0 aliphatic heterocycles. The van der Waals surface area contributed by atoms with Crippen LogP contribution in [0.15, 0.2) is 5.10 Å². The molecule has 1 unspecified atom stereocenters. The molecule has 0 aromatic rings. The lowest BCUT2D eigenvalue weighted by Crippen LogP contribution is -2.24. The first-order valence-corrected chi connectivity index (χ1v) is 4.51. The molecule has 3 nitrogen and oxygen atoms in total. The largest absolute Gasteiger partial charge is 0.375 e. The maximum atomic E-state index is 5.19. The van der Waals surface area contributed by atoms with Gasteiger partial charge in [0.15, 0.2) is 5.11 Å². The Balaban J connectivity index is 3.60. The first-order chi connectivity index (χ1) is 5.52. The fourth-order valence-corrected chi connectivity index (χ4v) is 1.09. The van der Waals surface area contributed by atoms with Gasteiger partial charge < -0.3 is 5.73 Å². The van der Waals surface area contributed by atoms with Gasteiger partial charge in [0.1, 0.15) is 0 Å². The molecule has 0 aliphatic rings. The van der Waals surface area contributed by atoms with E-state index in [1.54, 1.807) is 0 Å². The molecule has 12 heavy (non-hydrogen) atoms. The fraction of sp³-hybridized carbons (Fsp3) is 0.750. The topological polar surface area (TPSA) is 50.4 Å². The van der Waals surface area contributed by atoms with Crippen molar-refractivity contribution in [2.75, 3.05) is 0 Å². The molecule has 0 spiro atoms. The van der Waals surface area contributed by atoms with Gasteiger partial charge in [-0.15, -0.1) is 0 Å². The smallest absolute Gasteiger partial charge is 0.184 e. The van der Waals surface area contributed by atoms with Crippen molar-refractivity contribution < 1.29 is 0 Å². The van der Waals surface area contributed by atoms with Crippen LogP contribution in [0, 0.1) is 11.8 Å². The summed E-state index contributed by atoms with van der Waals surface area (Å²) in [5.74, 6) is 1.16. The van der Waals surface area contributed by atoms with E-state index in [1.165, 1.54) is 0 Å². The Morgan fingerprint density at radius 1 is 1.58 bits per heavy atom. The molecule has 0 fully saturated rings. The van der Waals surface area contributed by atoms with E-state index in [0.717, 1.165) is 6.42 Å². The average Bonchev–Trinajstić information content (AvgIpc) is 1.84. The van der Waals surface area contributed by atoms with Crippen LogP contribution < -0.4 is 11.2 Å². The monoisotopic (exact) mass is 187 g/mol. The van der Waals surface area contributed by atoms with Crippen molar-refractivity contribution in [3.8, 4) is 0 Å². The van der Waals surface area contributed by atoms with Crippen molar-refractivity contribution in [1.29, 1.82) is 0 Å². The first-order valence-electron chi connectivity index (χ1n) is 4.11. The highest BCUT2D eigenvalue weighted by Crippen LogP contribution is 2.07. The van der Waals surface area contributed by atoms with Crippen molar-refractivity contribution in [3.05, 3.63) is 0 Å². The van der Waals surface area contributed by atoms with Crippen LogP contribution in [0.25, 0.3) is 0 Å². The Bertz CT molecular complexity index is 166. The molecule has 1 atom stereocenters. The zero-order valence-electron chi connectivity index (χ0n) is 7.87. The lowest BCUT2D eigenvalue weighted by Gasteiger charge is -2.07. The number of hydrogen-bond acceptors (Lipinski definition) is 2. The summed E-state index contributed by atoms with van der Waals surface area (Å²) in [6, 6.07) is 0. The Morgan fingerprint density at radius 2 is 2.17 bits per heavy atom. The van der Waals surface area contributed by atoms with Gasteiger partial charge in [0.05, 0.1) is 0 Å². The molecule has 0 radical (unpaired) electrons. The van der Waals surface area contributed by atoms with E-state index in [0.29, 0.717) is 11.8 Å². The molecule has 0 amide bonds. The van der Waals surface area contributed by atoms with E-state index >= 15 is 0 Å². The normalized spacial score (nSPS) is 13.7. The Labute approximate surface area is 79.4 Å². The van der Waals surface area contributed by atoms with Gasteiger partial charge in [0.2, 0.25) is 0 Å². The van der Waals surface area contributed by atoms with Crippen LogP contribution in [0.1, 0.15) is 27.2 Å². The summed E-state index contributed by atoms with van der Waals surface area (Å²) in [6.07, 6.45) is 2.96. The maximum absolute atomic E-state index is 5.19. The van der Waals surface area contributed by atoms with Gasteiger partial charge in [-0.25, -0.2) is 0 Å². The van der Waals surface area contributed by atoms with Gasteiger partial charge in [-0.2, -0.15) is 5.10 Å². The summed E-state index contributed by atoms with van der Waals surface area (Å²) in [7, 11) is 0. The van der Waals surface area contributed by atoms with Crippen LogP contribution >= 0.6 is 12.2 Å². The lowest BCUT2D eigenvalue weighted by atomic mass is 10.0. The van der Waals surface area contributed by atoms with Crippen LogP contribution in [0.3, 0.4) is 0 Å². The van der Waals surface area contributed by atoms with Crippen molar-refractivity contribution >= 4 is 23.5 Å². The molecule has 0 bridgehead atoms. The van der Waals surface area contributed by atoms with Crippen LogP contribution in [-0.2, 0) is 0 Å². The molecule has 4 heteroatoms. The average molecular weight is 187 g/mol. The number of rotatable bonds is 4. The molecular formula is C8H17N3S. The lowest BCUT2D eigenvalue weighted by molar-refractivity contribution is 0.526. The second-order valence-corrected chi connectivity index (χ2v) is 3.80. The number of thiocarbonyl (C=S) groups is 1. The highest BCUT2D eigenvalue weighted by atomic mass is 32.1. The molecule has 0 aromatic heterocycles. The number of hydrogen-bond donors (Lipinski definition) is 2. The molecule has 70 valence electrons. The van der Waals surface area contributed by atoms with E-state index in [-0.39, 0.29) is 5.11 Å². The molecule has 3 N–H and O–H groups in total. The Morgan fingerprint density at radius 3 is 2.58 bits per heavy atom. The minimum absolute atomic E-state index is 0.211. The van der Waals surface area contributed by atoms with E-state index in [4.69, 9.17) is 5.73 Å². The Kier molecular flexibility index (Phi) is 5.62. The minimum atomic E-state index is 0.211. The van der Waals surface area contributed by atoms with E-state index < -0.39 is 0 Å². The molecule has 0 rings (SSSR count). The van der Waals surface area contributed by atoms with Crippen molar-refractivity contribution in [2.24, 2.45) is 22.7 Å². The van der Waals surface area contributed by atoms with Crippen LogP contribution in [0.4, 0.5) is 0 Å². The predicted octanol–water partition coefficient (Wildman–Crippen LogP) is 1.49. The third kappa shape index (κ3) is 7.47. The number of hydrazone groups is 1. The Hall–Kier alpha value is -0.640. The quantitative estimate of drug-likeness (QED) is 0.398. The number of nitrogens with two attached hydrogens (primary N) is 1. The standard InChI is InChI=1S/C8H17N3S/c1-6(2)4-7(3)5-10-11-8(9)12/h5-7H,4H2,1-3H3,(H3,9,11,12). The van der Waals surface area contributed by atoms with Gasteiger partial charge in [0, 0.05) is 6.21 Å². The molecule has 0 saturated heterocycles. The molecule has 0 aliphatic carbocycles. The van der Waals surface area contributed by atoms with E-state index in [2.05, 4.69) is 43.5 Å². The molecule has 0 heterocycles. The van der Waals surface area contributed by atoms with Crippen molar-refractivity contribution in [2.45, 2.75) is 27.2 Å². The van der Waals surface area contributed by atoms with Gasteiger partial charge in [0.25, 0.3) is 0 Å². The highest BCUT2D eigenvalue weighted by Gasteiger charge is 2.00. The molecule has 0 saturated carbocycles. The summed E-state index contributed by atoms with van der Waals surface area (Å²) in [5.41, 5.74) is 7.71. The summed E-state index contributed by atoms with van der Waals surface area (Å²) in [4.78, 5) is 0. The summed E-state index contributed by atoms with van der Waals surface area (Å²) in [6.45, 7) is 6.49. The van der Waals surface area contributed by atoms with Crippen LogP contribution in [0.2, 0.25) is 0 Å². The van der Waals surface area contributed by atoms with Crippen molar-refractivity contribution in [1.82, 2.24) is 5.43 Å². The second-order valence-electron chi connectivity index (χ2n) is 3.36. The summed E-state index contributed by atoms with van der Waals surface area (Å²) in [5, 5.41) is 4.09. The van der Waals surface area contributed by atoms with E-state index in [9.17, 15) is 0 Å². The number of nitrogens with zero attached hydrogens (tertiary/aromatic N) is 1. The second kappa shape index (κ2) is 5.94. The maximum Gasteiger partial charge on any atom is 0.184 e. The summed E-state index contributed by atoms with van der Waals surface area (Å²) < 4.78 is 0. The first kappa shape index (κ1) is 11.4. The van der Waals surface area contributed by atoms with E-state index in [1.807, 2.05) is 6.21 Å². The van der Waals surface area contributed by atoms with Crippen LogP contribution in [-0.4, -0.2) is 11.3 Å². The third-order valence-corrected chi connectivity index (χ3v) is 1.44. The van der Waals surface area contributed by atoms with Gasteiger partial charge >= 0.3 is 0 Å². The molecule has 0 aromatic carbocycles. The highest BCUT2D eigenvalue weighted by molar-refractivity contribution is 7.80. The summed E-state index contributed by atoms with van der Waals surface area (Å²) >= 11 is 4.59. The predicted molar refractivity (Wildman–Crippen MR) is 57.0 cm³/mol. The van der Waals surface area contributed by atoms with Crippen molar-refractivity contribution in [3.63, 3.8) is 0 Å².